The van der Waals surface area contributed by atoms with Crippen LogP contribution in [0.15, 0.2) is 36.5 Å². The van der Waals surface area contributed by atoms with E-state index < -0.39 is 0 Å². The van der Waals surface area contributed by atoms with Crippen molar-refractivity contribution in [3.63, 3.8) is 0 Å². The lowest BCUT2D eigenvalue weighted by atomic mass is 10.1. The molecular formula is C13H16N2. The van der Waals surface area contributed by atoms with Crippen LogP contribution in [0.4, 0.5) is 0 Å². The number of aromatic nitrogens is 1. The molecule has 0 aliphatic carbocycles. The van der Waals surface area contributed by atoms with Crippen LogP contribution in [0.5, 0.6) is 0 Å². The first-order valence-electron chi connectivity index (χ1n) is 5.38. The van der Waals surface area contributed by atoms with Crippen LogP contribution in [0.1, 0.15) is 12.0 Å². The molecule has 0 amide bonds. The Morgan fingerprint density at radius 2 is 2.13 bits per heavy atom. The number of benzene rings is 1. The third-order valence-corrected chi connectivity index (χ3v) is 2.54. The van der Waals surface area contributed by atoms with Gasteiger partial charge in [-0.25, -0.2) is 0 Å². The molecule has 2 rings (SSSR count). The lowest BCUT2D eigenvalue weighted by molar-refractivity contribution is 0.724. The van der Waals surface area contributed by atoms with E-state index in [9.17, 15) is 0 Å². The second-order valence-electron chi connectivity index (χ2n) is 3.74. The van der Waals surface area contributed by atoms with Crippen molar-refractivity contribution in [2.75, 3.05) is 13.6 Å². The molecule has 0 spiro atoms. The normalized spacial score (nSPS) is 10.7. The number of hydrogen-bond acceptors (Lipinski definition) is 2. The summed E-state index contributed by atoms with van der Waals surface area (Å²) >= 11 is 0. The quantitative estimate of drug-likeness (QED) is 0.766. The van der Waals surface area contributed by atoms with E-state index >= 15 is 0 Å². The van der Waals surface area contributed by atoms with Gasteiger partial charge >= 0.3 is 0 Å². The van der Waals surface area contributed by atoms with Crippen LogP contribution in [0.2, 0.25) is 0 Å². The average Bonchev–Trinajstić information content (AvgIpc) is 2.29. The van der Waals surface area contributed by atoms with Crippen LogP contribution < -0.4 is 5.32 Å². The number of pyridine rings is 1. The standard InChI is InChI=1S/C13H16N2/c1-14-8-4-5-11-9-12-6-2-3-7-13(12)15-10-11/h2-3,6-7,9-10,14H,4-5,8H2,1H3. The molecule has 2 heteroatoms. The molecule has 1 heterocycles. The number of fused-ring (bicyclic) bond motifs is 1. The smallest absolute Gasteiger partial charge is 0.0702 e. The molecule has 2 nitrogen and oxygen atoms in total. The molecule has 0 bridgehead atoms. The van der Waals surface area contributed by atoms with Crippen molar-refractivity contribution >= 4 is 10.9 Å². The zero-order valence-electron chi connectivity index (χ0n) is 9.03. The predicted octanol–water partition coefficient (Wildman–Crippen LogP) is 2.39. The minimum atomic E-state index is 1.06. The first-order chi connectivity index (χ1) is 7.40. The molecule has 0 saturated carbocycles. The summed E-state index contributed by atoms with van der Waals surface area (Å²) in [5.41, 5.74) is 2.40. The molecule has 0 fully saturated rings. The Kier molecular flexibility index (Phi) is 3.30. The van der Waals surface area contributed by atoms with Gasteiger partial charge in [0.25, 0.3) is 0 Å². The maximum Gasteiger partial charge on any atom is 0.0702 e. The molecule has 1 N–H and O–H groups in total. The minimum Gasteiger partial charge on any atom is -0.320 e. The Morgan fingerprint density at radius 1 is 1.27 bits per heavy atom. The van der Waals surface area contributed by atoms with Crippen LogP contribution in [-0.4, -0.2) is 18.6 Å². The van der Waals surface area contributed by atoms with Crippen LogP contribution in [0, 0.1) is 0 Å². The van der Waals surface area contributed by atoms with Crippen molar-refractivity contribution in [2.24, 2.45) is 0 Å². The molecule has 2 aromatic rings. The number of nitrogens with zero attached hydrogens (tertiary/aromatic N) is 1. The van der Waals surface area contributed by atoms with Crippen molar-refractivity contribution in [3.8, 4) is 0 Å². The number of para-hydroxylation sites is 1. The summed E-state index contributed by atoms with van der Waals surface area (Å²) in [7, 11) is 1.98. The highest BCUT2D eigenvalue weighted by atomic mass is 14.8. The zero-order valence-corrected chi connectivity index (χ0v) is 9.03. The van der Waals surface area contributed by atoms with E-state index in [1.165, 1.54) is 10.9 Å². The summed E-state index contributed by atoms with van der Waals surface area (Å²) in [4.78, 5) is 4.44. The zero-order chi connectivity index (χ0) is 10.5. The maximum atomic E-state index is 4.44. The molecule has 0 aliphatic heterocycles. The lowest BCUT2D eigenvalue weighted by Gasteiger charge is -2.02. The fraction of sp³-hybridized carbons (Fsp3) is 0.308. The van der Waals surface area contributed by atoms with Gasteiger partial charge in [0.1, 0.15) is 0 Å². The van der Waals surface area contributed by atoms with Crippen molar-refractivity contribution in [1.82, 2.24) is 10.3 Å². The van der Waals surface area contributed by atoms with Gasteiger partial charge in [0, 0.05) is 11.6 Å². The van der Waals surface area contributed by atoms with Crippen LogP contribution in [0.3, 0.4) is 0 Å². The molecular weight excluding hydrogens is 184 g/mol. The van der Waals surface area contributed by atoms with Crippen LogP contribution in [0.25, 0.3) is 10.9 Å². The fourth-order valence-electron chi connectivity index (χ4n) is 1.72. The highest BCUT2D eigenvalue weighted by Gasteiger charge is 1.96. The first-order valence-corrected chi connectivity index (χ1v) is 5.38. The largest absolute Gasteiger partial charge is 0.320 e. The Morgan fingerprint density at radius 3 is 3.00 bits per heavy atom. The van der Waals surface area contributed by atoms with Crippen molar-refractivity contribution < 1.29 is 0 Å². The van der Waals surface area contributed by atoms with Crippen LogP contribution in [-0.2, 0) is 6.42 Å². The predicted molar refractivity (Wildman–Crippen MR) is 64.0 cm³/mol. The van der Waals surface area contributed by atoms with Crippen molar-refractivity contribution in [1.29, 1.82) is 0 Å². The monoisotopic (exact) mass is 200 g/mol. The van der Waals surface area contributed by atoms with Gasteiger partial charge in [-0.1, -0.05) is 18.2 Å². The molecule has 1 aromatic heterocycles. The van der Waals surface area contributed by atoms with Gasteiger partial charge in [-0.3, -0.25) is 4.98 Å². The van der Waals surface area contributed by atoms with Gasteiger partial charge in [0.2, 0.25) is 0 Å². The SMILES string of the molecule is CNCCCc1cnc2ccccc2c1. The molecule has 0 unspecified atom stereocenters. The Labute approximate surface area is 90.3 Å². The van der Waals surface area contributed by atoms with E-state index in [1.807, 2.05) is 25.4 Å². The summed E-state index contributed by atoms with van der Waals surface area (Å²) < 4.78 is 0. The van der Waals surface area contributed by atoms with Crippen molar-refractivity contribution in [2.45, 2.75) is 12.8 Å². The fourth-order valence-corrected chi connectivity index (χ4v) is 1.72. The van der Waals surface area contributed by atoms with Gasteiger partial charge in [0.15, 0.2) is 0 Å². The molecule has 1 aromatic carbocycles. The molecule has 0 saturated heterocycles. The lowest BCUT2D eigenvalue weighted by Crippen LogP contribution is -2.08. The molecule has 15 heavy (non-hydrogen) atoms. The number of rotatable bonds is 4. The molecule has 0 aliphatic rings. The number of aryl methyl sites for hydroxylation is 1. The van der Waals surface area contributed by atoms with Crippen molar-refractivity contribution in [3.05, 3.63) is 42.1 Å². The summed E-state index contributed by atoms with van der Waals surface area (Å²) in [6.07, 6.45) is 4.24. The maximum absolute atomic E-state index is 4.44. The topological polar surface area (TPSA) is 24.9 Å². The van der Waals surface area contributed by atoms with E-state index in [1.54, 1.807) is 0 Å². The highest BCUT2D eigenvalue weighted by Crippen LogP contribution is 2.13. The van der Waals surface area contributed by atoms with Gasteiger partial charge < -0.3 is 5.32 Å². The second-order valence-corrected chi connectivity index (χ2v) is 3.74. The Bertz CT molecular complexity index is 437. The first kappa shape index (κ1) is 10.1. The average molecular weight is 200 g/mol. The summed E-state index contributed by atoms with van der Waals surface area (Å²) in [5.74, 6) is 0. The number of nitrogens with one attached hydrogen (secondary N) is 1. The third kappa shape index (κ3) is 2.54. The Hall–Kier alpha value is -1.41. The second kappa shape index (κ2) is 4.89. The highest BCUT2D eigenvalue weighted by molar-refractivity contribution is 5.78. The molecule has 0 atom stereocenters. The molecule has 78 valence electrons. The van der Waals surface area contributed by atoms with Gasteiger partial charge in [-0.15, -0.1) is 0 Å². The van der Waals surface area contributed by atoms with E-state index in [4.69, 9.17) is 0 Å². The van der Waals surface area contributed by atoms with E-state index in [0.29, 0.717) is 0 Å². The van der Waals surface area contributed by atoms with Gasteiger partial charge in [-0.05, 0) is 44.1 Å². The third-order valence-electron chi connectivity index (χ3n) is 2.54. The van der Waals surface area contributed by atoms with E-state index in [2.05, 4.69) is 28.5 Å². The Balaban J connectivity index is 2.16. The molecule has 0 radical (unpaired) electrons. The van der Waals surface area contributed by atoms with E-state index in [-0.39, 0.29) is 0 Å². The minimum absolute atomic E-state index is 1.06. The summed E-state index contributed by atoms with van der Waals surface area (Å²) in [6, 6.07) is 10.5. The number of hydrogen-bond donors (Lipinski definition) is 1. The van der Waals surface area contributed by atoms with Gasteiger partial charge in [-0.2, -0.15) is 0 Å². The van der Waals surface area contributed by atoms with Gasteiger partial charge in [0.05, 0.1) is 5.52 Å². The summed E-state index contributed by atoms with van der Waals surface area (Å²) in [6.45, 7) is 1.06. The van der Waals surface area contributed by atoms with E-state index in [0.717, 1.165) is 24.9 Å². The van der Waals surface area contributed by atoms with Crippen LogP contribution >= 0.6 is 0 Å². The summed E-state index contributed by atoms with van der Waals surface area (Å²) in [5, 5.41) is 4.39.